The van der Waals surface area contributed by atoms with Crippen LogP contribution in [0.15, 0.2) is 18.2 Å². The van der Waals surface area contributed by atoms with Crippen molar-refractivity contribution >= 4 is 6.09 Å². The molecule has 0 aliphatic carbocycles. The van der Waals surface area contributed by atoms with E-state index >= 15 is 0 Å². The molecule has 3 unspecified atom stereocenters. The van der Waals surface area contributed by atoms with Crippen molar-refractivity contribution in [3.63, 3.8) is 0 Å². The molecule has 0 aliphatic rings. The van der Waals surface area contributed by atoms with Crippen molar-refractivity contribution in [2.75, 3.05) is 0 Å². The summed E-state index contributed by atoms with van der Waals surface area (Å²) in [7, 11) is 0. The molecule has 5 nitrogen and oxygen atoms in total. The van der Waals surface area contributed by atoms with Gasteiger partial charge in [-0.15, -0.1) is 0 Å². The molecule has 0 saturated carbocycles. The van der Waals surface area contributed by atoms with Crippen LogP contribution in [0.4, 0.5) is 13.6 Å². The fraction of sp³-hybridized carbons (Fsp3) is 0.533. The molecule has 124 valence electrons. The van der Waals surface area contributed by atoms with E-state index in [4.69, 9.17) is 5.11 Å². The lowest BCUT2D eigenvalue weighted by atomic mass is 9.95. The average molecular weight is 317 g/mol. The lowest BCUT2D eigenvalue weighted by Gasteiger charge is -2.27. The zero-order chi connectivity index (χ0) is 16.7. The minimum atomic E-state index is -1.39. The summed E-state index contributed by atoms with van der Waals surface area (Å²) in [6.07, 6.45) is -2.20. The molecule has 0 spiro atoms. The van der Waals surface area contributed by atoms with Crippen LogP contribution in [-0.2, 0) is 6.42 Å². The van der Waals surface area contributed by atoms with Crippen molar-refractivity contribution in [3.05, 3.63) is 35.4 Å². The molecule has 1 aromatic rings. The van der Waals surface area contributed by atoms with Gasteiger partial charge in [0.1, 0.15) is 17.7 Å². The summed E-state index contributed by atoms with van der Waals surface area (Å²) in [5.41, 5.74) is 0.193. The minimum absolute atomic E-state index is 0.134. The molecule has 0 aromatic heterocycles. The third-order valence-electron chi connectivity index (χ3n) is 3.35. The third kappa shape index (κ3) is 5.95. The largest absolute Gasteiger partial charge is 0.465 e. The van der Waals surface area contributed by atoms with Crippen molar-refractivity contribution in [1.82, 2.24) is 5.32 Å². The first-order valence-electron chi connectivity index (χ1n) is 7.14. The smallest absolute Gasteiger partial charge is 0.404 e. The Bertz CT molecular complexity index is 478. The molecule has 0 saturated heterocycles. The molecule has 4 N–H and O–H groups in total. The maximum Gasteiger partial charge on any atom is 0.404 e. The SMILES string of the molecule is CCCCC(O)C(O)C(Cc1cc(F)cc(F)c1)NC(=O)O. The molecule has 0 bridgehead atoms. The summed E-state index contributed by atoms with van der Waals surface area (Å²) in [6, 6.07) is 1.76. The van der Waals surface area contributed by atoms with Crippen LogP contribution in [0, 0.1) is 11.6 Å². The number of halogens is 2. The highest BCUT2D eigenvalue weighted by molar-refractivity contribution is 5.65. The number of carbonyl (C=O) groups is 1. The van der Waals surface area contributed by atoms with Crippen molar-refractivity contribution in [3.8, 4) is 0 Å². The van der Waals surface area contributed by atoms with Gasteiger partial charge < -0.3 is 20.6 Å². The Morgan fingerprint density at radius 3 is 2.32 bits per heavy atom. The van der Waals surface area contributed by atoms with Crippen LogP contribution in [0.5, 0.6) is 0 Å². The van der Waals surface area contributed by atoms with Gasteiger partial charge in [0.25, 0.3) is 0 Å². The number of aliphatic hydroxyl groups excluding tert-OH is 2. The van der Waals surface area contributed by atoms with Gasteiger partial charge in [0.05, 0.1) is 12.1 Å². The number of nitrogens with one attached hydrogen (secondary N) is 1. The minimum Gasteiger partial charge on any atom is -0.465 e. The standard InChI is InChI=1S/C15H21F2NO4/c1-2-3-4-13(19)14(20)12(18-15(21)22)7-9-5-10(16)8-11(17)6-9/h5-6,8,12-14,18-20H,2-4,7H2,1H3,(H,21,22). The predicted molar refractivity (Wildman–Crippen MR) is 76.5 cm³/mol. The van der Waals surface area contributed by atoms with Gasteiger partial charge in [0, 0.05) is 6.07 Å². The highest BCUT2D eigenvalue weighted by Crippen LogP contribution is 2.15. The van der Waals surface area contributed by atoms with Crippen LogP contribution in [0.2, 0.25) is 0 Å². The zero-order valence-corrected chi connectivity index (χ0v) is 12.3. The Morgan fingerprint density at radius 1 is 1.23 bits per heavy atom. The number of benzene rings is 1. The monoisotopic (exact) mass is 317 g/mol. The van der Waals surface area contributed by atoms with Gasteiger partial charge in [-0.05, 0) is 30.5 Å². The van der Waals surface area contributed by atoms with Gasteiger partial charge in [-0.3, -0.25) is 0 Å². The van der Waals surface area contributed by atoms with Crippen molar-refractivity contribution in [2.24, 2.45) is 0 Å². The first-order chi connectivity index (χ1) is 10.3. The Balaban J connectivity index is 2.85. The second kappa shape index (κ2) is 8.65. The van der Waals surface area contributed by atoms with E-state index in [9.17, 15) is 23.8 Å². The fourth-order valence-corrected chi connectivity index (χ4v) is 2.25. The molecule has 0 heterocycles. The molecule has 0 radical (unpaired) electrons. The number of carboxylic acid groups (broad SMARTS) is 1. The lowest BCUT2D eigenvalue weighted by molar-refractivity contribution is -0.00803. The van der Waals surface area contributed by atoms with E-state index in [-0.39, 0.29) is 12.0 Å². The Labute approximate surface area is 127 Å². The van der Waals surface area contributed by atoms with E-state index in [1.807, 2.05) is 6.92 Å². The molecule has 22 heavy (non-hydrogen) atoms. The van der Waals surface area contributed by atoms with E-state index in [2.05, 4.69) is 5.32 Å². The second-order valence-corrected chi connectivity index (χ2v) is 5.24. The molecule has 3 atom stereocenters. The normalized spacial score (nSPS) is 15.1. The van der Waals surface area contributed by atoms with Gasteiger partial charge in [-0.2, -0.15) is 0 Å². The first kappa shape index (κ1) is 18.3. The molecule has 1 aromatic carbocycles. The number of hydrogen-bond acceptors (Lipinski definition) is 3. The number of aliphatic hydroxyl groups is 2. The van der Waals surface area contributed by atoms with Crippen molar-refractivity contribution in [1.29, 1.82) is 0 Å². The van der Waals surface area contributed by atoms with Gasteiger partial charge >= 0.3 is 6.09 Å². The molecule has 0 fully saturated rings. The van der Waals surface area contributed by atoms with Gasteiger partial charge in [0.2, 0.25) is 0 Å². The summed E-state index contributed by atoms with van der Waals surface area (Å²) >= 11 is 0. The Hall–Kier alpha value is -1.73. The average Bonchev–Trinajstić information content (AvgIpc) is 2.41. The summed E-state index contributed by atoms with van der Waals surface area (Å²) in [6.45, 7) is 1.92. The molecule has 1 amide bonds. The van der Waals surface area contributed by atoms with E-state index < -0.39 is 36.0 Å². The molecular formula is C15H21F2NO4. The number of hydrogen-bond donors (Lipinski definition) is 4. The zero-order valence-electron chi connectivity index (χ0n) is 12.3. The fourth-order valence-electron chi connectivity index (χ4n) is 2.25. The van der Waals surface area contributed by atoms with Gasteiger partial charge in [-0.1, -0.05) is 19.8 Å². The maximum absolute atomic E-state index is 13.2. The highest BCUT2D eigenvalue weighted by atomic mass is 19.1. The van der Waals surface area contributed by atoms with Crippen LogP contribution >= 0.6 is 0 Å². The van der Waals surface area contributed by atoms with Crippen LogP contribution in [0.3, 0.4) is 0 Å². The topological polar surface area (TPSA) is 89.8 Å². The lowest BCUT2D eigenvalue weighted by Crippen LogP contribution is -2.49. The van der Waals surface area contributed by atoms with Crippen molar-refractivity contribution < 1.29 is 28.9 Å². The highest BCUT2D eigenvalue weighted by Gasteiger charge is 2.27. The van der Waals surface area contributed by atoms with Gasteiger partial charge in [-0.25, -0.2) is 13.6 Å². The van der Waals surface area contributed by atoms with E-state index in [0.29, 0.717) is 18.9 Å². The van der Waals surface area contributed by atoms with E-state index in [1.54, 1.807) is 0 Å². The van der Waals surface area contributed by atoms with Crippen LogP contribution in [-0.4, -0.2) is 39.7 Å². The van der Waals surface area contributed by atoms with Crippen LogP contribution < -0.4 is 5.32 Å². The third-order valence-corrected chi connectivity index (χ3v) is 3.35. The maximum atomic E-state index is 13.2. The van der Waals surface area contributed by atoms with Crippen LogP contribution in [0.1, 0.15) is 31.7 Å². The number of unbranched alkanes of at least 4 members (excludes halogenated alkanes) is 1. The molecule has 1 rings (SSSR count). The summed E-state index contributed by atoms with van der Waals surface area (Å²) in [5.74, 6) is -1.57. The molecular weight excluding hydrogens is 296 g/mol. The number of amides is 1. The summed E-state index contributed by atoms with van der Waals surface area (Å²) < 4.78 is 26.4. The number of rotatable bonds is 8. The first-order valence-corrected chi connectivity index (χ1v) is 7.14. The molecule has 0 aliphatic heterocycles. The molecule has 7 heteroatoms. The van der Waals surface area contributed by atoms with E-state index in [1.165, 1.54) is 0 Å². The van der Waals surface area contributed by atoms with E-state index in [0.717, 1.165) is 18.6 Å². The van der Waals surface area contributed by atoms with Crippen molar-refractivity contribution in [2.45, 2.75) is 50.9 Å². The van der Waals surface area contributed by atoms with Gasteiger partial charge in [0.15, 0.2) is 0 Å². The predicted octanol–water partition coefficient (Wildman–Crippen LogP) is 2.06. The summed E-state index contributed by atoms with van der Waals surface area (Å²) in [5, 5.41) is 30.9. The summed E-state index contributed by atoms with van der Waals surface area (Å²) in [4.78, 5) is 10.8. The Morgan fingerprint density at radius 2 is 1.82 bits per heavy atom. The second-order valence-electron chi connectivity index (χ2n) is 5.24. The Kier molecular flexibility index (Phi) is 7.20. The quantitative estimate of drug-likeness (QED) is 0.591. The van der Waals surface area contributed by atoms with Crippen LogP contribution in [0.25, 0.3) is 0 Å².